The van der Waals surface area contributed by atoms with E-state index in [1.54, 1.807) is 39.0 Å². The van der Waals surface area contributed by atoms with Crippen molar-refractivity contribution in [1.82, 2.24) is 0 Å². The van der Waals surface area contributed by atoms with Gasteiger partial charge in [-0.3, -0.25) is 0 Å². The van der Waals surface area contributed by atoms with E-state index in [0.29, 0.717) is 5.56 Å². The average molecular weight is 440 g/mol. The van der Waals surface area contributed by atoms with E-state index in [9.17, 15) is 15.0 Å². The molecule has 0 unspecified atom stereocenters. The molecule has 0 saturated carbocycles. The number of hydrogen-bond acceptors (Lipinski definition) is 5. The van der Waals surface area contributed by atoms with Crippen LogP contribution < -0.4 is 10.8 Å². The first-order valence-electron chi connectivity index (χ1n) is 10.3. The molecule has 6 N–H and O–H groups in total. The van der Waals surface area contributed by atoms with Gasteiger partial charge in [0.25, 0.3) is 0 Å². The molecule has 6 heteroatoms. The van der Waals surface area contributed by atoms with Gasteiger partial charge in [0.1, 0.15) is 18.2 Å². The average Bonchev–Trinajstić information content (AvgIpc) is 2.78. The van der Waals surface area contributed by atoms with Gasteiger partial charge in [0, 0.05) is 5.56 Å². The lowest BCUT2D eigenvalue weighted by molar-refractivity contribution is -0.446. The molecule has 0 aliphatic carbocycles. The predicted octanol–water partition coefficient (Wildman–Crippen LogP) is 1.95. The number of aliphatic hydroxyl groups excluding tert-OH is 2. The summed E-state index contributed by atoms with van der Waals surface area (Å²) in [7, 11) is 0. The lowest BCUT2D eigenvalue weighted by Crippen LogP contribution is -2.56. The summed E-state index contributed by atoms with van der Waals surface area (Å²) in [6.07, 6.45) is -2.07. The molecule has 172 valence electrons. The van der Waals surface area contributed by atoms with Crippen LogP contribution in [0.4, 0.5) is 0 Å². The minimum absolute atomic E-state index is 0.136. The van der Waals surface area contributed by atoms with Crippen molar-refractivity contribution in [2.24, 2.45) is 0 Å². The summed E-state index contributed by atoms with van der Waals surface area (Å²) in [5.74, 6) is -1.48. The number of carboxylic acids is 1. The monoisotopic (exact) mass is 439 g/mol. The first-order chi connectivity index (χ1) is 15.0. The number of aliphatic hydroxyl groups is 3. The molecule has 0 amide bonds. The summed E-state index contributed by atoms with van der Waals surface area (Å²) in [4.78, 5) is 10.1. The molecule has 0 aliphatic heterocycles. The Bertz CT molecular complexity index is 846. The highest BCUT2D eigenvalue weighted by Crippen LogP contribution is 2.24. The van der Waals surface area contributed by atoms with E-state index in [0.717, 1.165) is 11.1 Å². The normalized spacial score (nSPS) is 13.3. The lowest BCUT2D eigenvalue weighted by atomic mass is 9.97. The third-order valence-corrected chi connectivity index (χ3v) is 4.09. The number of quaternary nitrogens is 1. The first kappa shape index (κ1) is 27.0. The van der Waals surface area contributed by atoms with Gasteiger partial charge in [-0.2, -0.15) is 0 Å². The van der Waals surface area contributed by atoms with E-state index in [1.165, 1.54) is 12.1 Å². The van der Waals surface area contributed by atoms with Crippen molar-refractivity contribution < 1.29 is 31.0 Å². The Balaban J connectivity index is 0.000000278. The number of benzene rings is 3. The first-order valence-corrected chi connectivity index (χ1v) is 10.3. The molecular weight excluding hydrogens is 406 g/mol. The largest absolute Gasteiger partial charge is 0.547 e. The van der Waals surface area contributed by atoms with Gasteiger partial charge in [0.2, 0.25) is 0 Å². The summed E-state index contributed by atoms with van der Waals surface area (Å²) in [6, 6.07) is 27.5. The van der Waals surface area contributed by atoms with Crippen LogP contribution >= 0.6 is 0 Å². The van der Waals surface area contributed by atoms with Gasteiger partial charge in [0.05, 0.1) is 11.6 Å². The topological polar surface area (TPSA) is 128 Å². The zero-order valence-electron chi connectivity index (χ0n) is 18.8. The van der Waals surface area contributed by atoms with Crippen LogP contribution in [0, 0.1) is 0 Å². The minimum atomic E-state index is -1.52. The van der Waals surface area contributed by atoms with E-state index in [1.807, 2.05) is 60.7 Å². The maximum Gasteiger partial charge on any atom is 0.140 e. The second-order valence-corrected chi connectivity index (χ2v) is 8.18. The number of rotatable bonds is 5. The maximum absolute atomic E-state index is 10.2. The van der Waals surface area contributed by atoms with Crippen molar-refractivity contribution in [1.29, 1.82) is 0 Å². The third kappa shape index (κ3) is 10.8. The van der Waals surface area contributed by atoms with Gasteiger partial charge in [-0.15, -0.1) is 0 Å². The van der Waals surface area contributed by atoms with Crippen molar-refractivity contribution in [2.75, 3.05) is 0 Å². The number of carboxylic acid groups (broad SMARTS) is 1. The van der Waals surface area contributed by atoms with E-state index in [4.69, 9.17) is 10.2 Å². The minimum Gasteiger partial charge on any atom is -0.547 e. The molecule has 0 heterocycles. The zero-order chi connectivity index (χ0) is 24.1. The molecule has 3 aromatic rings. The molecule has 6 nitrogen and oxygen atoms in total. The molecule has 3 rings (SSSR count). The highest BCUT2D eigenvalue weighted by molar-refractivity contribution is 5.71. The van der Waals surface area contributed by atoms with Crippen molar-refractivity contribution in [2.45, 2.75) is 44.6 Å². The van der Waals surface area contributed by atoms with Crippen LogP contribution in [-0.2, 0) is 4.79 Å². The molecule has 0 bridgehead atoms. The molecule has 32 heavy (non-hydrogen) atoms. The van der Waals surface area contributed by atoms with Gasteiger partial charge in [-0.1, -0.05) is 91.0 Å². The molecule has 0 aliphatic rings. The second-order valence-electron chi connectivity index (χ2n) is 8.18. The smallest absolute Gasteiger partial charge is 0.140 e. The Kier molecular flexibility index (Phi) is 11.3. The van der Waals surface area contributed by atoms with Gasteiger partial charge in [-0.05, 0) is 31.9 Å². The van der Waals surface area contributed by atoms with Gasteiger partial charge in [0.15, 0.2) is 0 Å². The Morgan fingerprint density at radius 3 is 1.41 bits per heavy atom. The predicted molar refractivity (Wildman–Crippen MR) is 122 cm³/mol. The van der Waals surface area contributed by atoms with Gasteiger partial charge in [-0.25, -0.2) is 0 Å². The fourth-order valence-electron chi connectivity index (χ4n) is 2.54. The van der Waals surface area contributed by atoms with Crippen LogP contribution in [0.15, 0.2) is 91.0 Å². The van der Waals surface area contributed by atoms with Crippen LogP contribution in [0.5, 0.6) is 0 Å². The standard InChI is InChI=1S/C14H15NO.C8H8O3.C4H10O/c15-13(11-7-3-1-4-8-11)14(16)12-9-5-2-6-10-12;9-7(8(10)11)6-4-2-1-3-5-6;1-4(2,3)5/h1-10,13-14,16H,15H2;1-5,7,9H,(H,10,11);5H,1-3H3/t13-,14+;7-;/m01./s1. The van der Waals surface area contributed by atoms with Crippen molar-refractivity contribution in [3.63, 3.8) is 0 Å². The third-order valence-electron chi connectivity index (χ3n) is 4.09. The molecular formula is C26H33NO5. The van der Waals surface area contributed by atoms with E-state index < -0.39 is 23.8 Å². The van der Waals surface area contributed by atoms with Crippen LogP contribution in [0.3, 0.4) is 0 Å². The molecule has 3 atom stereocenters. The second kappa shape index (κ2) is 13.4. The summed E-state index contributed by atoms with van der Waals surface area (Å²) in [5, 5.41) is 37.8. The molecule has 0 aromatic heterocycles. The van der Waals surface area contributed by atoms with Crippen LogP contribution in [0.25, 0.3) is 0 Å². The summed E-state index contributed by atoms with van der Waals surface area (Å²) in [5.41, 5.74) is 5.84. The lowest BCUT2D eigenvalue weighted by Gasteiger charge is -2.16. The Morgan fingerprint density at radius 2 is 1.06 bits per heavy atom. The van der Waals surface area contributed by atoms with Crippen molar-refractivity contribution >= 4 is 5.97 Å². The maximum atomic E-state index is 10.2. The number of carbonyl (C=O) groups excluding carboxylic acids is 1. The van der Waals surface area contributed by atoms with E-state index in [2.05, 4.69) is 5.73 Å². The molecule has 3 aromatic carbocycles. The summed E-state index contributed by atoms with van der Waals surface area (Å²) < 4.78 is 0. The molecule has 0 spiro atoms. The molecule has 0 saturated heterocycles. The van der Waals surface area contributed by atoms with Crippen LogP contribution in [0.2, 0.25) is 0 Å². The number of aliphatic carboxylic acids is 1. The van der Waals surface area contributed by atoms with Crippen LogP contribution in [-0.4, -0.2) is 26.9 Å². The quantitative estimate of drug-likeness (QED) is 0.483. The summed E-state index contributed by atoms with van der Waals surface area (Å²) in [6.45, 7) is 5.23. The van der Waals surface area contributed by atoms with E-state index >= 15 is 0 Å². The van der Waals surface area contributed by atoms with Crippen LogP contribution in [0.1, 0.15) is 55.7 Å². The Hall–Kier alpha value is -3.03. The van der Waals surface area contributed by atoms with E-state index in [-0.39, 0.29) is 6.04 Å². The Labute approximate surface area is 189 Å². The number of carbonyl (C=O) groups is 1. The Morgan fingerprint density at radius 1 is 0.750 bits per heavy atom. The number of hydrogen-bond donors (Lipinski definition) is 4. The fraction of sp³-hybridized carbons (Fsp3) is 0.269. The SMILES string of the molecule is CC(C)(C)O.O=C([O-])[C@H](O)c1ccccc1.[NH3+][C@@H](c1ccccc1)[C@H](O)c1ccccc1. The molecule has 0 radical (unpaired) electrons. The van der Waals surface area contributed by atoms with Crippen molar-refractivity contribution in [3.8, 4) is 0 Å². The highest BCUT2D eigenvalue weighted by atomic mass is 16.4. The molecule has 0 fully saturated rings. The highest BCUT2D eigenvalue weighted by Gasteiger charge is 2.21. The van der Waals surface area contributed by atoms with Crippen molar-refractivity contribution in [3.05, 3.63) is 108 Å². The fourth-order valence-corrected chi connectivity index (χ4v) is 2.54. The zero-order valence-corrected chi connectivity index (χ0v) is 18.8. The summed E-state index contributed by atoms with van der Waals surface area (Å²) >= 11 is 0. The van der Waals surface area contributed by atoms with Gasteiger partial charge < -0.3 is 31.0 Å². The van der Waals surface area contributed by atoms with Gasteiger partial charge >= 0.3 is 0 Å².